The van der Waals surface area contributed by atoms with Gasteiger partial charge in [0.15, 0.2) is 11.5 Å². The van der Waals surface area contributed by atoms with Crippen LogP contribution in [-0.2, 0) is 6.54 Å². The minimum atomic E-state index is 0.629. The fraction of sp³-hybridized carbons (Fsp3) is 0.154. The summed E-state index contributed by atoms with van der Waals surface area (Å²) in [6, 6.07) is 19.6. The Bertz CT molecular complexity index is 1410. The number of halogens is 1. The summed E-state index contributed by atoms with van der Waals surface area (Å²) in [6.45, 7) is 0.629. The minimum Gasteiger partial charge on any atom is -0.497 e. The van der Waals surface area contributed by atoms with Crippen molar-refractivity contribution in [2.24, 2.45) is 0 Å². The Hall–Kier alpha value is -3.77. The van der Waals surface area contributed by atoms with Crippen LogP contribution in [0.3, 0.4) is 0 Å². The Morgan fingerprint density at radius 1 is 0.818 bits per heavy atom. The van der Waals surface area contributed by atoms with E-state index in [1.54, 1.807) is 21.3 Å². The van der Waals surface area contributed by atoms with E-state index in [1.165, 1.54) is 0 Å². The highest BCUT2D eigenvalue weighted by Gasteiger charge is 2.22. The lowest BCUT2D eigenvalue weighted by molar-refractivity contribution is 0.355. The van der Waals surface area contributed by atoms with Crippen LogP contribution in [0.15, 0.2) is 66.9 Å². The summed E-state index contributed by atoms with van der Waals surface area (Å²) in [5, 5.41) is 10.7. The maximum absolute atomic E-state index is 6.10. The average Bonchev–Trinajstić information content (AvgIpc) is 3.27. The van der Waals surface area contributed by atoms with Gasteiger partial charge >= 0.3 is 0 Å². The minimum absolute atomic E-state index is 0.629. The summed E-state index contributed by atoms with van der Waals surface area (Å²) in [6.07, 6.45) is 2.09. The van der Waals surface area contributed by atoms with Crippen LogP contribution in [0.5, 0.6) is 17.2 Å². The van der Waals surface area contributed by atoms with Crippen molar-refractivity contribution < 1.29 is 14.2 Å². The standard InChI is InChI=1S/C26H22ClN3O3/c1-31-19-6-4-5-16(11-19)14-30-15-21-25(17-7-9-18(27)10-8-17)28-29-26(21)20-12-23(32-2)24(33-3)13-22(20)30/h4-13,15H,14H2,1-3H3. The summed E-state index contributed by atoms with van der Waals surface area (Å²) in [7, 11) is 4.93. The van der Waals surface area contributed by atoms with E-state index in [4.69, 9.17) is 25.8 Å². The lowest BCUT2D eigenvalue weighted by Crippen LogP contribution is -2.05. The summed E-state index contributed by atoms with van der Waals surface area (Å²) >= 11 is 6.10. The molecule has 7 heteroatoms. The molecular weight excluding hydrogens is 438 g/mol. The second-order valence-electron chi connectivity index (χ2n) is 7.65. The number of rotatable bonds is 6. The summed E-state index contributed by atoms with van der Waals surface area (Å²) in [4.78, 5) is 0. The number of pyridine rings is 1. The summed E-state index contributed by atoms with van der Waals surface area (Å²) < 4.78 is 18.7. The van der Waals surface area contributed by atoms with E-state index in [9.17, 15) is 0 Å². The molecule has 0 fully saturated rings. The predicted octanol–water partition coefficient (Wildman–Crippen LogP) is 5.93. The largest absolute Gasteiger partial charge is 0.497 e. The van der Waals surface area contributed by atoms with Gasteiger partial charge in [-0.3, -0.25) is 0 Å². The number of fused-ring (bicyclic) bond motifs is 3. The fourth-order valence-corrected chi connectivity index (χ4v) is 4.21. The molecular formula is C26H22ClN3O3. The van der Waals surface area contributed by atoms with Gasteiger partial charge in [-0.15, -0.1) is 10.2 Å². The monoisotopic (exact) mass is 459 g/mol. The zero-order chi connectivity index (χ0) is 22.9. The molecule has 166 valence electrons. The molecule has 0 amide bonds. The summed E-state index contributed by atoms with van der Waals surface area (Å²) in [5.74, 6) is 2.11. The molecule has 2 aliphatic rings. The Labute approximate surface area is 196 Å². The van der Waals surface area contributed by atoms with Gasteiger partial charge < -0.3 is 18.8 Å². The fourth-order valence-electron chi connectivity index (χ4n) is 4.08. The van der Waals surface area contributed by atoms with Crippen LogP contribution < -0.4 is 14.2 Å². The van der Waals surface area contributed by atoms with E-state index < -0.39 is 0 Å². The third-order valence-corrected chi connectivity index (χ3v) is 5.97. The number of benzene rings is 3. The Kier molecular flexibility index (Phi) is 5.52. The second-order valence-corrected chi connectivity index (χ2v) is 8.09. The number of ether oxygens (including phenoxy) is 3. The van der Waals surface area contributed by atoms with Crippen molar-refractivity contribution in [1.29, 1.82) is 0 Å². The van der Waals surface area contributed by atoms with Gasteiger partial charge in [0, 0.05) is 40.3 Å². The van der Waals surface area contributed by atoms with Gasteiger partial charge in [-0.25, -0.2) is 0 Å². The molecule has 0 saturated heterocycles. The van der Waals surface area contributed by atoms with Gasteiger partial charge in [0.25, 0.3) is 0 Å². The van der Waals surface area contributed by atoms with Crippen molar-refractivity contribution in [3.05, 3.63) is 77.4 Å². The first-order valence-electron chi connectivity index (χ1n) is 10.4. The number of nitrogens with zero attached hydrogens (tertiary/aromatic N) is 3. The average molecular weight is 460 g/mol. The zero-order valence-corrected chi connectivity index (χ0v) is 19.3. The van der Waals surface area contributed by atoms with E-state index >= 15 is 0 Å². The van der Waals surface area contributed by atoms with E-state index in [-0.39, 0.29) is 0 Å². The Morgan fingerprint density at radius 3 is 2.27 bits per heavy atom. The number of methoxy groups -OCH3 is 3. The molecule has 0 spiro atoms. The highest BCUT2D eigenvalue weighted by atomic mass is 35.5. The SMILES string of the molecule is COc1cccc(Cn2cc3c(-c4ccc(Cl)cc4)nnc-3c3cc(OC)c(OC)cc32)c1. The van der Waals surface area contributed by atoms with Gasteiger partial charge in [-0.1, -0.05) is 35.9 Å². The first kappa shape index (κ1) is 21.1. The Morgan fingerprint density at radius 2 is 1.55 bits per heavy atom. The molecule has 2 aliphatic heterocycles. The van der Waals surface area contributed by atoms with E-state index in [2.05, 4.69) is 27.0 Å². The molecule has 2 heterocycles. The Balaban J connectivity index is 1.76. The van der Waals surface area contributed by atoms with Crippen LogP contribution in [0.1, 0.15) is 5.56 Å². The van der Waals surface area contributed by atoms with Crippen LogP contribution in [-0.4, -0.2) is 36.1 Å². The van der Waals surface area contributed by atoms with Crippen molar-refractivity contribution in [3.8, 4) is 39.8 Å². The molecule has 0 N–H and O–H groups in total. The number of aromatic nitrogens is 3. The molecule has 0 aromatic heterocycles. The molecule has 3 aromatic rings. The van der Waals surface area contributed by atoms with Gasteiger partial charge in [0.2, 0.25) is 0 Å². The lowest BCUT2D eigenvalue weighted by atomic mass is 10.0. The maximum atomic E-state index is 6.10. The van der Waals surface area contributed by atoms with Crippen molar-refractivity contribution in [3.63, 3.8) is 0 Å². The molecule has 5 rings (SSSR count). The molecule has 0 bridgehead atoms. The number of hydrogen-bond donors (Lipinski definition) is 0. The van der Waals surface area contributed by atoms with E-state index in [0.717, 1.165) is 44.7 Å². The molecule has 6 nitrogen and oxygen atoms in total. The van der Waals surface area contributed by atoms with Gasteiger partial charge in [0.05, 0.1) is 26.8 Å². The van der Waals surface area contributed by atoms with Crippen LogP contribution in [0.4, 0.5) is 0 Å². The first-order valence-corrected chi connectivity index (χ1v) is 10.8. The van der Waals surface area contributed by atoms with Crippen molar-refractivity contribution in [2.75, 3.05) is 21.3 Å². The highest BCUT2D eigenvalue weighted by molar-refractivity contribution is 6.30. The van der Waals surface area contributed by atoms with Crippen molar-refractivity contribution >= 4 is 22.5 Å². The van der Waals surface area contributed by atoms with Crippen LogP contribution in [0.2, 0.25) is 5.02 Å². The zero-order valence-electron chi connectivity index (χ0n) is 18.5. The third kappa shape index (κ3) is 3.83. The molecule has 0 aliphatic carbocycles. The van der Waals surface area contributed by atoms with Gasteiger partial charge in [0.1, 0.15) is 17.1 Å². The molecule has 3 aromatic carbocycles. The van der Waals surface area contributed by atoms with Crippen LogP contribution in [0, 0.1) is 0 Å². The number of hydrogen-bond acceptors (Lipinski definition) is 5. The van der Waals surface area contributed by atoms with Gasteiger partial charge in [-0.05, 0) is 35.9 Å². The highest BCUT2D eigenvalue weighted by Crippen LogP contribution is 2.41. The second kappa shape index (κ2) is 8.64. The van der Waals surface area contributed by atoms with Gasteiger partial charge in [-0.2, -0.15) is 0 Å². The molecule has 0 unspecified atom stereocenters. The van der Waals surface area contributed by atoms with E-state index in [1.807, 2.05) is 54.6 Å². The predicted molar refractivity (Wildman–Crippen MR) is 130 cm³/mol. The third-order valence-electron chi connectivity index (χ3n) is 5.72. The van der Waals surface area contributed by atoms with Crippen LogP contribution in [0.25, 0.3) is 33.4 Å². The van der Waals surface area contributed by atoms with E-state index in [0.29, 0.717) is 23.1 Å². The topological polar surface area (TPSA) is 58.4 Å². The quantitative estimate of drug-likeness (QED) is 0.315. The molecule has 0 atom stereocenters. The molecule has 0 saturated carbocycles. The summed E-state index contributed by atoms with van der Waals surface area (Å²) in [5.41, 5.74) is 5.57. The first-order chi connectivity index (χ1) is 16.1. The van der Waals surface area contributed by atoms with Crippen molar-refractivity contribution in [2.45, 2.75) is 6.54 Å². The van der Waals surface area contributed by atoms with Crippen molar-refractivity contribution in [1.82, 2.24) is 14.8 Å². The van der Waals surface area contributed by atoms with Crippen LogP contribution >= 0.6 is 11.6 Å². The lowest BCUT2D eigenvalue weighted by Gasteiger charge is -2.18. The normalized spacial score (nSPS) is 11.2. The molecule has 33 heavy (non-hydrogen) atoms. The molecule has 0 radical (unpaired) electrons. The smallest absolute Gasteiger partial charge is 0.162 e. The maximum Gasteiger partial charge on any atom is 0.162 e.